The van der Waals surface area contributed by atoms with Crippen LogP contribution < -0.4 is 5.32 Å². The average molecular weight is 351 g/mol. The summed E-state index contributed by atoms with van der Waals surface area (Å²) in [7, 11) is 0. The van der Waals surface area contributed by atoms with Gasteiger partial charge >= 0.3 is 0 Å². The van der Waals surface area contributed by atoms with Crippen molar-refractivity contribution in [2.45, 2.75) is 19.3 Å². The van der Waals surface area contributed by atoms with E-state index >= 15 is 0 Å². The highest BCUT2D eigenvalue weighted by atomic mass is 35.5. The largest absolute Gasteiger partial charge is 0.381 e. The molecule has 1 aromatic heterocycles. The summed E-state index contributed by atoms with van der Waals surface area (Å²) in [5, 5.41) is 6.65. The molecule has 1 saturated heterocycles. The number of ether oxygens (including phenoxy) is 1. The average Bonchev–Trinajstić information content (AvgIpc) is 3.17. The molecule has 0 radical (unpaired) electrons. The van der Waals surface area contributed by atoms with Gasteiger partial charge in [-0.1, -0.05) is 23.7 Å². The molecule has 1 N–H and O–H groups in total. The van der Waals surface area contributed by atoms with Crippen LogP contribution in [0.1, 0.15) is 22.7 Å². The number of carbonyl (C=O) groups excluding carboxylic acids is 1. The fraction of sp³-hybridized carbons (Fsp3) is 0.412. The predicted molar refractivity (Wildman–Crippen MR) is 92.0 cm³/mol. The Kier molecular flexibility index (Phi) is 5.65. The third-order valence-electron chi connectivity index (χ3n) is 3.80. The quantitative estimate of drug-likeness (QED) is 0.871. The number of rotatable bonds is 6. The summed E-state index contributed by atoms with van der Waals surface area (Å²) in [6, 6.07) is 7.77. The van der Waals surface area contributed by atoms with Crippen LogP contribution in [0.5, 0.6) is 0 Å². The molecule has 2 heterocycles. The predicted octanol–water partition coefficient (Wildman–Crippen LogP) is 3.08. The van der Waals surface area contributed by atoms with Crippen LogP contribution in [0.15, 0.2) is 29.6 Å². The number of nitrogens with one attached hydrogen (secondary N) is 1. The molecule has 6 heteroatoms. The van der Waals surface area contributed by atoms with Crippen molar-refractivity contribution in [1.29, 1.82) is 0 Å². The number of aromatic nitrogens is 1. The highest BCUT2D eigenvalue weighted by Crippen LogP contribution is 2.18. The Morgan fingerprint density at radius 1 is 1.48 bits per heavy atom. The maximum absolute atomic E-state index is 12.0. The topological polar surface area (TPSA) is 51.2 Å². The van der Waals surface area contributed by atoms with E-state index in [1.807, 2.05) is 29.6 Å². The molecule has 23 heavy (non-hydrogen) atoms. The van der Waals surface area contributed by atoms with E-state index in [1.165, 1.54) is 0 Å². The van der Waals surface area contributed by atoms with Crippen molar-refractivity contribution >= 4 is 28.8 Å². The van der Waals surface area contributed by atoms with Gasteiger partial charge in [-0.15, -0.1) is 11.3 Å². The number of halogens is 1. The van der Waals surface area contributed by atoms with Crippen molar-refractivity contribution in [3.8, 4) is 0 Å². The Morgan fingerprint density at radius 2 is 2.39 bits per heavy atom. The molecule has 1 unspecified atom stereocenters. The van der Waals surface area contributed by atoms with E-state index in [2.05, 4.69) is 10.3 Å². The van der Waals surface area contributed by atoms with Crippen LogP contribution in [0.2, 0.25) is 5.02 Å². The molecule has 0 aliphatic carbocycles. The van der Waals surface area contributed by atoms with Gasteiger partial charge in [-0.3, -0.25) is 4.79 Å². The summed E-state index contributed by atoms with van der Waals surface area (Å²) in [4.78, 5) is 16.5. The second-order valence-electron chi connectivity index (χ2n) is 5.75. The molecule has 4 nitrogen and oxygen atoms in total. The van der Waals surface area contributed by atoms with Crippen molar-refractivity contribution < 1.29 is 9.53 Å². The highest BCUT2D eigenvalue weighted by molar-refractivity contribution is 7.09. The first-order valence-electron chi connectivity index (χ1n) is 7.71. The minimum atomic E-state index is 0.0245. The summed E-state index contributed by atoms with van der Waals surface area (Å²) in [5.74, 6) is 0.476. The number of hydrogen-bond donors (Lipinski definition) is 1. The standard InChI is InChI=1S/C17H19ClN2O2S/c18-14-3-1-2-12(6-14)7-17-20-15(11-23-17)8-16(21)19-9-13-4-5-22-10-13/h1-3,6,11,13H,4-5,7-10H2,(H,19,21). The molecule has 2 aromatic rings. The summed E-state index contributed by atoms with van der Waals surface area (Å²) in [6.45, 7) is 2.25. The Balaban J connectivity index is 1.49. The van der Waals surface area contributed by atoms with Crippen LogP contribution >= 0.6 is 22.9 Å². The number of carbonyl (C=O) groups is 1. The lowest BCUT2D eigenvalue weighted by molar-refractivity contribution is -0.120. The fourth-order valence-electron chi connectivity index (χ4n) is 2.56. The first-order valence-corrected chi connectivity index (χ1v) is 8.97. The van der Waals surface area contributed by atoms with Gasteiger partial charge in [-0.05, 0) is 24.1 Å². The number of nitrogens with zero attached hydrogens (tertiary/aromatic N) is 1. The van der Waals surface area contributed by atoms with Crippen molar-refractivity contribution in [2.24, 2.45) is 5.92 Å². The van der Waals surface area contributed by atoms with Crippen LogP contribution in [0.4, 0.5) is 0 Å². The summed E-state index contributed by atoms with van der Waals surface area (Å²) in [5.41, 5.74) is 1.95. The molecule has 1 atom stereocenters. The molecule has 0 bridgehead atoms. The lowest BCUT2D eigenvalue weighted by Gasteiger charge is -2.08. The second kappa shape index (κ2) is 7.90. The Labute approximate surface area is 144 Å². The van der Waals surface area contributed by atoms with Crippen molar-refractivity contribution in [2.75, 3.05) is 19.8 Å². The molecular weight excluding hydrogens is 332 g/mol. The lowest BCUT2D eigenvalue weighted by atomic mass is 10.1. The van der Waals surface area contributed by atoms with Crippen LogP contribution in [0.25, 0.3) is 0 Å². The van der Waals surface area contributed by atoms with Gasteiger partial charge in [0.1, 0.15) is 0 Å². The van der Waals surface area contributed by atoms with E-state index in [0.717, 1.165) is 47.3 Å². The van der Waals surface area contributed by atoms with Gasteiger partial charge in [0.05, 0.1) is 23.7 Å². The third-order valence-corrected chi connectivity index (χ3v) is 4.93. The van der Waals surface area contributed by atoms with Crippen molar-refractivity contribution in [3.05, 3.63) is 50.9 Å². The molecule has 122 valence electrons. The maximum atomic E-state index is 12.0. The molecule has 1 aromatic carbocycles. The first-order chi connectivity index (χ1) is 11.2. The molecule has 1 amide bonds. The SMILES string of the molecule is O=C(Cc1csc(Cc2cccc(Cl)c2)n1)NCC1CCOC1. The molecule has 0 spiro atoms. The van der Waals surface area contributed by atoms with E-state index in [-0.39, 0.29) is 5.91 Å². The Morgan fingerprint density at radius 3 is 3.17 bits per heavy atom. The Bertz CT molecular complexity index is 668. The molecule has 1 aliphatic heterocycles. The van der Waals surface area contributed by atoms with E-state index in [0.29, 0.717) is 18.9 Å². The molecule has 3 rings (SSSR count). The van der Waals surface area contributed by atoms with Gasteiger partial charge in [0.25, 0.3) is 0 Å². The lowest BCUT2D eigenvalue weighted by Crippen LogP contribution is -2.30. The van der Waals surface area contributed by atoms with Crippen LogP contribution in [0.3, 0.4) is 0 Å². The summed E-state index contributed by atoms with van der Waals surface area (Å²) < 4.78 is 5.30. The van der Waals surface area contributed by atoms with Crippen LogP contribution in [-0.2, 0) is 22.4 Å². The van der Waals surface area contributed by atoms with E-state index < -0.39 is 0 Å². The zero-order valence-corrected chi connectivity index (χ0v) is 14.3. The highest BCUT2D eigenvalue weighted by Gasteiger charge is 2.16. The molecule has 1 aliphatic rings. The van der Waals surface area contributed by atoms with E-state index in [4.69, 9.17) is 16.3 Å². The van der Waals surface area contributed by atoms with Crippen molar-refractivity contribution in [1.82, 2.24) is 10.3 Å². The minimum Gasteiger partial charge on any atom is -0.381 e. The maximum Gasteiger partial charge on any atom is 0.226 e. The van der Waals surface area contributed by atoms with Crippen LogP contribution in [0, 0.1) is 5.92 Å². The smallest absolute Gasteiger partial charge is 0.226 e. The van der Waals surface area contributed by atoms with Crippen LogP contribution in [-0.4, -0.2) is 30.6 Å². The number of amides is 1. The molecular formula is C17H19ClN2O2S. The van der Waals surface area contributed by atoms with Gasteiger partial charge in [0.15, 0.2) is 0 Å². The summed E-state index contributed by atoms with van der Waals surface area (Å²) in [6.07, 6.45) is 2.10. The molecule has 0 saturated carbocycles. The number of thiazole rings is 1. The zero-order chi connectivity index (χ0) is 16.1. The van der Waals surface area contributed by atoms with Crippen molar-refractivity contribution in [3.63, 3.8) is 0 Å². The number of hydrogen-bond acceptors (Lipinski definition) is 4. The van der Waals surface area contributed by atoms with Gasteiger partial charge in [0.2, 0.25) is 5.91 Å². The Hall–Kier alpha value is -1.43. The zero-order valence-electron chi connectivity index (χ0n) is 12.8. The van der Waals surface area contributed by atoms with Gasteiger partial charge < -0.3 is 10.1 Å². The second-order valence-corrected chi connectivity index (χ2v) is 7.13. The van der Waals surface area contributed by atoms with Gasteiger partial charge in [-0.2, -0.15) is 0 Å². The monoisotopic (exact) mass is 350 g/mol. The van der Waals surface area contributed by atoms with E-state index in [1.54, 1.807) is 11.3 Å². The van der Waals surface area contributed by atoms with Gasteiger partial charge in [-0.25, -0.2) is 4.98 Å². The normalized spacial score (nSPS) is 17.3. The fourth-order valence-corrected chi connectivity index (χ4v) is 3.60. The van der Waals surface area contributed by atoms with Gasteiger partial charge in [0, 0.05) is 35.9 Å². The first kappa shape index (κ1) is 16.4. The summed E-state index contributed by atoms with van der Waals surface area (Å²) >= 11 is 7.58. The number of benzene rings is 1. The van der Waals surface area contributed by atoms with E-state index in [9.17, 15) is 4.79 Å². The minimum absolute atomic E-state index is 0.0245. The molecule has 1 fully saturated rings. The third kappa shape index (κ3) is 5.03.